The topological polar surface area (TPSA) is 65.1 Å². The lowest BCUT2D eigenvalue weighted by Gasteiger charge is -2.07. The van der Waals surface area contributed by atoms with E-state index in [4.69, 9.17) is 0 Å². The molecule has 3 heterocycles. The zero-order valence-corrected chi connectivity index (χ0v) is 12.0. The molecule has 1 aliphatic carbocycles. The molecule has 1 aliphatic rings. The predicted molar refractivity (Wildman–Crippen MR) is 77.3 cm³/mol. The van der Waals surface area contributed by atoms with Gasteiger partial charge in [-0.15, -0.1) is 5.10 Å². The molecule has 0 N–H and O–H groups in total. The van der Waals surface area contributed by atoms with Crippen LogP contribution in [0.3, 0.4) is 0 Å². The molecule has 3 aromatic heterocycles. The van der Waals surface area contributed by atoms with E-state index in [0.29, 0.717) is 28.1 Å². The van der Waals surface area contributed by atoms with E-state index >= 15 is 0 Å². The first kappa shape index (κ1) is 11.9. The van der Waals surface area contributed by atoms with Gasteiger partial charge in [-0.3, -0.25) is 4.79 Å². The maximum Gasteiger partial charge on any atom is 0.262 e. The minimum absolute atomic E-state index is 0.0260. The normalized spacial score (nSPS) is 15.3. The SMILES string of the molecule is CSc1nc2nc(C)c3c(=O)n(C4CC4)ccc3n2n1. The Labute approximate surface area is 118 Å². The number of nitrogens with zero attached hydrogens (tertiary/aromatic N) is 5. The Morgan fingerprint density at radius 2 is 2.15 bits per heavy atom. The van der Waals surface area contributed by atoms with Crippen molar-refractivity contribution in [3.63, 3.8) is 0 Å². The molecule has 20 heavy (non-hydrogen) atoms. The number of rotatable bonds is 2. The van der Waals surface area contributed by atoms with Crippen LogP contribution in [0.2, 0.25) is 0 Å². The molecule has 1 fully saturated rings. The van der Waals surface area contributed by atoms with E-state index in [1.807, 2.05) is 30.0 Å². The molecule has 0 amide bonds. The highest BCUT2D eigenvalue weighted by molar-refractivity contribution is 7.98. The van der Waals surface area contributed by atoms with Crippen LogP contribution in [0.4, 0.5) is 0 Å². The molecule has 0 atom stereocenters. The second kappa shape index (κ2) is 4.05. The van der Waals surface area contributed by atoms with Crippen LogP contribution in [0, 0.1) is 6.92 Å². The van der Waals surface area contributed by atoms with Gasteiger partial charge in [0.2, 0.25) is 5.16 Å². The number of thioether (sulfide) groups is 1. The van der Waals surface area contributed by atoms with Gasteiger partial charge in [0.25, 0.3) is 11.3 Å². The van der Waals surface area contributed by atoms with Gasteiger partial charge in [0, 0.05) is 12.2 Å². The first-order chi connectivity index (χ1) is 9.69. The van der Waals surface area contributed by atoms with Crippen molar-refractivity contribution in [1.82, 2.24) is 24.1 Å². The molecule has 0 bridgehead atoms. The van der Waals surface area contributed by atoms with Crippen LogP contribution < -0.4 is 5.56 Å². The molecular weight excluding hydrogens is 274 g/mol. The van der Waals surface area contributed by atoms with Gasteiger partial charge in [0.05, 0.1) is 16.6 Å². The first-order valence-electron chi connectivity index (χ1n) is 6.51. The fraction of sp³-hybridized carbons (Fsp3) is 0.385. The lowest BCUT2D eigenvalue weighted by molar-refractivity contribution is 0.712. The Bertz CT molecular complexity index is 893. The zero-order chi connectivity index (χ0) is 13.9. The molecule has 7 heteroatoms. The van der Waals surface area contributed by atoms with Crippen molar-refractivity contribution in [2.24, 2.45) is 0 Å². The summed E-state index contributed by atoms with van der Waals surface area (Å²) in [6.45, 7) is 1.86. The summed E-state index contributed by atoms with van der Waals surface area (Å²) in [5.74, 6) is 0.544. The summed E-state index contributed by atoms with van der Waals surface area (Å²) in [5, 5.41) is 5.70. The van der Waals surface area contributed by atoms with E-state index < -0.39 is 0 Å². The molecular formula is C13H13N5OS. The smallest absolute Gasteiger partial charge is 0.262 e. The van der Waals surface area contributed by atoms with Gasteiger partial charge in [-0.1, -0.05) is 11.8 Å². The van der Waals surface area contributed by atoms with Gasteiger partial charge in [-0.25, -0.2) is 4.98 Å². The Balaban J connectivity index is 2.14. The predicted octanol–water partition coefficient (Wildman–Crippen LogP) is 1.80. The highest BCUT2D eigenvalue weighted by atomic mass is 32.2. The average Bonchev–Trinajstić information content (AvgIpc) is 3.18. The molecule has 1 saturated carbocycles. The van der Waals surface area contributed by atoms with E-state index in [2.05, 4.69) is 15.1 Å². The average molecular weight is 287 g/mol. The number of fused-ring (bicyclic) bond motifs is 3. The Hall–Kier alpha value is -1.89. The highest BCUT2D eigenvalue weighted by Gasteiger charge is 2.25. The van der Waals surface area contributed by atoms with Crippen molar-refractivity contribution in [3.05, 3.63) is 28.3 Å². The standard InChI is InChI=1S/C13H13N5OS/c1-7-10-9(5-6-17(11(10)19)8-3-4-8)18-12(14-7)15-13(16-18)20-2/h5-6,8H,3-4H2,1-2H3. The minimum Gasteiger partial charge on any atom is -0.312 e. The van der Waals surface area contributed by atoms with E-state index in [0.717, 1.165) is 18.4 Å². The van der Waals surface area contributed by atoms with Gasteiger partial charge in [0.1, 0.15) is 0 Å². The molecule has 0 aliphatic heterocycles. The maximum atomic E-state index is 12.6. The fourth-order valence-corrected chi connectivity index (χ4v) is 2.85. The van der Waals surface area contributed by atoms with Crippen LogP contribution in [0.15, 0.2) is 22.2 Å². The summed E-state index contributed by atoms with van der Waals surface area (Å²) in [6, 6.07) is 2.30. The quantitative estimate of drug-likeness (QED) is 0.672. The molecule has 0 unspecified atom stereocenters. The molecule has 3 aromatic rings. The Morgan fingerprint density at radius 3 is 2.85 bits per heavy atom. The first-order valence-corrected chi connectivity index (χ1v) is 7.73. The van der Waals surface area contributed by atoms with Crippen molar-refractivity contribution >= 4 is 28.4 Å². The van der Waals surface area contributed by atoms with Gasteiger partial charge in [-0.05, 0) is 32.1 Å². The van der Waals surface area contributed by atoms with E-state index in [1.165, 1.54) is 11.8 Å². The summed E-state index contributed by atoms with van der Waals surface area (Å²) in [7, 11) is 0. The molecule has 0 spiro atoms. The Morgan fingerprint density at radius 1 is 1.35 bits per heavy atom. The molecule has 4 rings (SSSR count). The second-order valence-corrected chi connectivity index (χ2v) is 5.80. The molecule has 0 aromatic carbocycles. The van der Waals surface area contributed by atoms with Crippen LogP contribution in [0.5, 0.6) is 0 Å². The number of aromatic nitrogens is 5. The molecule has 102 valence electrons. The molecule has 6 nitrogen and oxygen atoms in total. The molecule has 0 radical (unpaired) electrons. The third-order valence-corrected chi connectivity index (χ3v) is 4.19. The fourth-order valence-electron chi connectivity index (χ4n) is 2.51. The van der Waals surface area contributed by atoms with Crippen molar-refractivity contribution in [1.29, 1.82) is 0 Å². The van der Waals surface area contributed by atoms with Gasteiger partial charge in [0.15, 0.2) is 0 Å². The van der Waals surface area contributed by atoms with Crippen molar-refractivity contribution < 1.29 is 0 Å². The van der Waals surface area contributed by atoms with Crippen LogP contribution >= 0.6 is 11.8 Å². The number of hydrogen-bond donors (Lipinski definition) is 0. The summed E-state index contributed by atoms with van der Waals surface area (Å²) >= 11 is 1.46. The van der Waals surface area contributed by atoms with E-state index in [9.17, 15) is 4.79 Å². The zero-order valence-electron chi connectivity index (χ0n) is 11.2. The summed E-state index contributed by atoms with van der Waals surface area (Å²) in [5.41, 5.74) is 1.52. The number of hydrogen-bond acceptors (Lipinski definition) is 5. The van der Waals surface area contributed by atoms with E-state index in [-0.39, 0.29) is 5.56 Å². The molecule has 0 saturated heterocycles. The summed E-state index contributed by atoms with van der Waals surface area (Å²) < 4.78 is 3.47. The van der Waals surface area contributed by atoms with Gasteiger partial charge in [-0.2, -0.15) is 9.50 Å². The minimum atomic E-state index is 0.0260. The van der Waals surface area contributed by atoms with Gasteiger partial charge < -0.3 is 4.57 Å². The summed E-state index contributed by atoms with van der Waals surface area (Å²) in [4.78, 5) is 21.4. The lowest BCUT2D eigenvalue weighted by Crippen LogP contribution is -2.20. The van der Waals surface area contributed by atoms with Crippen molar-refractivity contribution in [2.45, 2.75) is 31.0 Å². The van der Waals surface area contributed by atoms with Crippen LogP contribution in [0.25, 0.3) is 16.7 Å². The van der Waals surface area contributed by atoms with E-state index in [1.54, 1.807) is 4.52 Å². The van der Waals surface area contributed by atoms with Crippen molar-refractivity contribution in [3.8, 4) is 0 Å². The lowest BCUT2D eigenvalue weighted by atomic mass is 10.2. The third kappa shape index (κ3) is 1.59. The Kier molecular flexibility index (Phi) is 2.41. The number of pyridine rings is 1. The highest BCUT2D eigenvalue weighted by Crippen LogP contribution is 2.33. The van der Waals surface area contributed by atoms with Crippen molar-refractivity contribution in [2.75, 3.05) is 6.26 Å². The third-order valence-electron chi connectivity index (χ3n) is 3.65. The summed E-state index contributed by atoms with van der Waals surface area (Å²) in [6.07, 6.45) is 5.95. The number of aryl methyl sites for hydroxylation is 1. The largest absolute Gasteiger partial charge is 0.312 e. The van der Waals surface area contributed by atoms with Crippen LogP contribution in [-0.2, 0) is 0 Å². The monoisotopic (exact) mass is 287 g/mol. The maximum absolute atomic E-state index is 12.6. The van der Waals surface area contributed by atoms with Crippen LogP contribution in [-0.4, -0.2) is 30.4 Å². The van der Waals surface area contributed by atoms with Gasteiger partial charge >= 0.3 is 0 Å². The second-order valence-electron chi connectivity index (χ2n) is 5.03. The van der Waals surface area contributed by atoms with Crippen LogP contribution in [0.1, 0.15) is 24.6 Å².